The number of carbonyl (C=O) groups is 2. The first-order valence-corrected chi connectivity index (χ1v) is 8.01. The molecule has 3 N–H and O–H groups in total. The lowest BCUT2D eigenvalue weighted by molar-refractivity contribution is -0.219. The Hall–Kier alpha value is -3.27. The van der Waals surface area contributed by atoms with Crippen molar-refractivity contribution in [2.24, 2.45) is 0 Å². The molecule has 0 unspecified atom stereocenters. The molecule has 0 bridgehead atoms. The van der Waals surface area contributed by atoms with E-state index in [1.807, 2.05) is 5.43 Å². The molecule has 0 radical (unpaired) electrons. The van der Waals surface area contributed by atoms with E-state index >= 15 is 0 Å². The fraction of sp³-hybridized carbons (Fsp3) is 0.222. The Morgan fingerprint density at radius 2 is 1.54 bits per heavy atom. The molecule has 0 saturated carbocycles. The molecule has 28 heavy (non-hydrogen) atoms. The highest BCUT2D eigenvalue weighted by atomic mass is 19.4. The molecule has 0 aromatic heterocycles. The Kier molecular flexibility index (Phi) is 6.83. The van der Waals surface area contributed by atoms with Crippen LogP contribution in [0, 0.1) is 0 Å². The lowest BCUT2D eigenvalue weighted by atomic mass is 10.1. The Morgan fingerprint density at radius 3 is 2.07 bits per heavy atom. The molecule has 0 fully saturated rings. The van der Waals surface area contributed by atoms with Crippen molar-refractivity contribution in [3.05, 3.63) is 60.7 Å². The summed E-state index contributed by atoms with van der Waals surface area (Å²) in [6.07, 6.45) is -5.23. The van der Waals surface area contributed by atoms with Crippen LogP contribution >= 0.6 is 0 Å². The average molecular weight is 397 g/mol. The molecular weight excluding hydrogens is 379 g/mol. The normalized spacial score (nSPS) is 13.1. The van der Waals surface area contributed by atoms with Crippen LogP contribution in [0.3, 0.4) is 0 Å². The maximum atomic E-state index is 13.8. The Bertz CT molecular complexity index is 788. The molecule has 0 heterocycles. The van der Waals surface area contributed by atoms with Gasteiger partial charge in [0.2, 0.25) is 0 Å². The average Bonchev–Trinajstić information content (AvgIpc) is 2.69. The largest absolute Gasteiger partial charge is 0.484 e. The van der Waals surface area contributed by atoms with Gasteiger partial charge in [-0.2, -0.15) is 18.6 Å². The molecule has 0 aliphatic carbocycles. The number of rotatable bonds is 8. The van der Waals surface area contributed by atoms with Gasteiger partial charge in [0.05, 0.1) is 7.11 Å². The number of amides is 1. The van der Waals surface area contributed by atoms with Crippen LogP contribution < -0.4 is 20.9 Å². The Morgan fingerprint density at radius 1 is 0.964 bits per heavy atom. The molecule has 150 valence electrons. The summed E-state index contributed by atoms with van der Waals surface area (Å²) < 4.78 is 50.7. The highest BCUT2D eigenvalue weighted by molar-refractivity contribution is 5.89. The van der Waals surface area contributed by atoms with E-state index in [-0.39, 0.29) is 11.4 Å². The van der Waals surface area contributed by atoms with Crippen molar-refractivity contribution >= 4 is 17.6 Å². The highest BCUT2D eigenvalue weighted by Gasteiger charge is 2.63. The number of esters is 1. The van der Waals surface area contributed by atoms with Crippen molar-refractivity contribution in [1.82, 2.24) is 10.7 Å². The smallest absolute Gasteiger partial charge is 0.438 e. The monoisotopic (exact) mass is 397 g/mol. The van der Waals surface area contributed by atoms with E-state index in [1.54, 1.807) is 41.7 Å². The van der Waals surface area contributed by atoms with E-state index < -0.39 is 30.3 Å². The molecule has 0 saturated heterocycles. The lowest BCUT2D eigenvalue weighted by Gasteiger charge is -2.34. The second-order valence-corrected chi connectivity index (χ2v) is 5.51. The Balaban J connectivity index is 2.18. The first-order valence-electron chi connectivity index (χ1n) is 8.01. The van der Waals surface area contributed by atoms with Gasteiger partial charge in [0.15, 0.2) is 6.61 Å². The molecule has 7 nitrogen and oxygen atoms in total. The minimum atomic E-state index is -5.23. The molecule has 0 aliphatic heterocycles. The highest BCUT2D eigenvalue weighted by Crippen LogP contribution is 2.30. The van der Waals surface area contributed by atoms with Crippen molar-refractivity contribution < 1.29 is 32.2 Å². The Labute approximate surface area is 158 Å². The van der Waals surface area contributed by atoms with Gasteiger partial charge in [0.1, 0.15) is 5.75 Å². The number of benzene rings is 2. The van der Waals surface area contributed by atoms with Gasteiger partial charge in [-0.3, -0.25) is 4.79 Å². The topological polar surface area (TPSA) is 88.7 Å². The standard InChI is InChI=1S/C18H18F3N3O4/c1-27-16(26)17(18(19,20)21,24-23-13-8-4-2-5-9-13)22-15(25)12-28-14-10-6-3-7-11-14/h2-11,23-24H,12H2,1H3,(H,22,25)/t17-/m0/s1. The number of halogens is 3. The van der Waals surface area contributed by atoms with Gasteiger partial charge in [-0.1, -0.05) is 36.4 Å². The van der Waals surface area contributed by atoms with Crippen molar-refractivity contribution in [3.63, 3.8) is 0 Å². The summed E-state index contributed by atoms with van der Waals surface area (Å²) in [6.45, 7) is -0.744. The first kappa shape index (κ1) is 21.0. The minimum absolute atomic E-state index is 0.231. The summed E-state index contributed by atoms with van der Waals surface area (Å²) in [5.74, 6) is -2.66. The third kappa shape index (κ3) is 5.13. The number of alkyl halides is 3. The number of hydrogen-bond donors (Lipinski definition) is 3. The van der Waals surface area contributed by atoms with E-state index in [0.717, 1.165) is 7.11 Å². The van der Waals surface area contributed by atoms with Crippen LogP contribution in [0.4, 0.5) is 18.9 Å². The fourth-order valence-corrected chi connectivity index (χ4v) is 2.14. The van der Waals surface area contributed by atoms with E-state index in [4.69, 9.17) is 4.74 Å². The van der Waals surface area contributed by atoms with Crippen LogP contribution in [0.5, 0.6) is 5.75 Å². The molecule has 1 amide bonds. The van der Waals surface area contributed by atoms with Gasteiger partial charge in [0.25, 0.3) is 5.91 Å². The van der Waals surface area contributed by atoms with Crippen molar-refractivity contribution in [2.75, 3.05) is 19.1 Å². The van der Waals surface area contributed by atoms with Gasteiger partial charge in [0, 0.05) is 5.69 Å². The minimum Gasteiger partial charge on any atom is -0.484 e. The zero-order valence-corrected chi connectivity index (χ0v) is 14.7. The van der Waals surface area contributed by atoms with Crippen LogP contribution in [-0.4, -0.2) is 37.4 Å². The quantitative estimate of drug-likeness (QED) is 0.360. The first-order chi connectivity index (χ1) is 13.3. The van der Waals surface area contributed by atoms with Gasteiger partial charge in [-0.15, -0.1) is 0 Å². The van der Waals surface area contributed by atoms with E-state index in [1.165, 1.54) is 24.3 Å². The van der Waals surface area contributed by atoms with Gasteiger partial charge in [-0.05, 0) is 24.3 Å². The number of ether oxygens (including phenoxy) is 2. The SMILES string of the molecule is COC(=O)[C@@](NNc1ccccc1)(NC(=O)COc1ccccc1)C(F)(F)F. The number of carbonyl (C=O) groups excluding carboxylic acids is 2. The van der Waals surface area contributed by atoms with Gasteiger partial charge >= 0.3 is 17.8 Å². The molecule has 0 spiro atoms. The van der Waals surface area contributed by atoms with Crippen molar-refractivity contribution in [2.45, 2.75) is 11.8 Å². The predicted molar refractivity (Wildman–Crippen MR) is 94.1 cm³/mol. The van der Waals surface area contributed by atoms with Crippen molar-refractivity contribution in [3.8, 4) is 5.75 Å². The molecular formula is C18H18F3N3O4. The number of hydrazine groups is 1. The summed E-state index contributed by atoms with van der Waals surface area (Å²) in [4.78, 5) is 24.1. The summed E-state index contributed by atoms with van der Waals surface area (Å²) in [5.41, 5.74) is 0.791. The molecule has 2 aromatic carbocycles. The summed E-state index contributed by atoms with van der Waals surface area (Å²) in [6, 6.07) is 15.8. The number of methoxy groups -OCH3 is 1. The fourth-order valence-electron chi connectivity index (χ4n) is 2.14. The third-order valence-electron chi connectivity index (χ3n) is 3.52. The molecule has 10 heteroatoms. The van der Waals surface area contributed by atoms with Crippen LogP contribution in [0.2, 0.25) is 0 Å². The molecule has 2 rings (SSSR count). The molecule has 2 aromatic rings. The number of nitrogens with one attached hydrogen (secondary N) is 3. The van der Waals surface area contributed by atoms with Gasteiger partial charge < -0.3 is 20.2 Å². The van der Waals surface area contributed by atoms with E-state index in [9.17, 15) is 22.8 Å². The molecule has 1 atom stereocenters. The zero-order chi connectivity index (χ0) is 20.6. The summed E-state index contributed by atoms with van der Waals surface area (Å²) >= 11 is 0. The summed E-state index contributed by atoms with van der Waals surface area (Å²) in [5, 5.41) is 1.62. The van der Waals surface area contributed by atoms with Crippen LogP contribution in [-0.2, 0) is 14.3 Å². The van der Waals surface area contributed by atoms with E-state index in [0.29, 0.717) is 0 Å². The maximum absolute atomic E-state index is 13.8. The summed E-state index contributed by atoms with van der Waals surface area (Å²) in [7, 11) is 0.777. The van der Waals surface area contributed by atoms with Crippen LogP contribution in [0.25, 0.3) is 0 Å². The second-order valence-electron chi connectivity index (χ2n) is 5.51. The van der Waals surface area contributed by atoms with Crippen LogP contribution in [0.1, 0.15) is 0 Å². The number of anilines is 1. The number of hydrogen-bond acceptors (Lipinski definition) is 6. The number of para-hydroxylation sites is 2. The van der Waals surface area contributed by atoms with Crippen molar-refractivity contribution in [1.29, 1.82) is 0 Å². The zero-order valence-electron chi connectivity index (χ0n) is 14.7. The van der Waals surface area contributed by atoms with E-state index in [2.05, 4.69) is 10.2 Å². The maximum Gasteiger partial charge on any atom is 0.438 e. The van der Waals surface area contributed by atoms with Gasteiger partial charge in [-0.25, -0.2) is 4.79 Å². The van der Waals surface area contributed by atoms with Crippen LogP contribution in [0.15, 0.2) is 60.7 Å². The third-order valence-corrected chi connectivity index (χ3v) is 3.52. The second kappa shape index (κ2) is 9.09. The molecule has 0 aliphatic rings. The lowest BCUT2D eigenvalue weighted by Crippen LogP contribution is -2.74. The predicted octanol–water partition coefficient (Wildman–Crippen LogP) is 2.23.